The largest absolute Gasteiger partial charge is 0.419 e. The number of rotatable bonds is 5. The van der Waals surface area contributed by atoms with Crippen molar-refractivity contribution >= 4 is 5.82 Å². The van der Waals surface area contributed by atoms with Crippen LogP contribution in [0, 0.1) is 12.7 Å². The van der Waals surface area contributed by atoms with E-state index in [1.807, 2.05) is 6.92 Å². The van der Waals surface area contributed by atoms with Crippen LogP contribution in [-0.2, 0) is 23.8 Å². The zero-order chi connectivity index (χ0) is 24.6. The zero-order valence-corrected chi connectivity index (χ0v) is 19.0. The molecule has 3 aromatic heterocycles. The van der Waals surface area contributed by atoms with Crippen molar-refractivity contribution in [1.29, 1.82) is 0 Å². The second kappa shape index (κ2) is 9.21. The van der Waals surface area contributed by atoms with Gasteiger partial charge in [0.1, 0.15) is 5.82 Å². The van der Waals surface area contributed by atoms with Crippen LogP contribution >= 0.6 is 0 Å². The molecule has 182 valence electrons. The predicted octanol–water partition coefficient (Wildman–Crippen LogP) is 3.80. The number of hydrogen-bond acceptors (Lipinski definition) is 5. The number of hydrogen-bond donors (Lipinski definition) is 1. The van der Waals surface area contributed by atoms with Gasteiger partial charge >= 0.3 is 6.18 Å². The number of morpholine rings is 1. The van der Waals surface area contributed by atoms with Crippen LogP contribution in [0.25, 0.3) is 5.82 Å². The molecule has 0 radical (unpaired) electrons. The molecule has 1 aliphatic rings. The van der Waals surface area contributed by atoms with E-state index in [9.17, 15) is 18.0 Å². The number of aromatic nitrogens is 4. The lowest BCUT2D eigenvalue weighted by Crippen LogP contribution is -2.42. The van der Waals surface area contributed by atoms with Crippen LogP contribution in [0.5, 0.6) is 0 Å². The number of halogens is 4. The number of H-pyrrole nitrogens is 1. The van der Waals surface area contributed by atoms with Gasteiger partial charge in [-0.15, -0.1) is 0 Å². The molecule has 34 heavy (non-hydrogen) atoms. The molecule has 1 saturated heterocycles. The van der Waals surface area contributed by atoms with Gasteiger partial charge in [0.2, 0.25) is 0 Å². The van der Waals surface area contributed by atoms with Crippen molar-refractivity contribution in [3.8, 4) is 5.82 Å². The first kappa shape index (κ1) is 23.9. The highest BCUT2D eigenvalue weighted by molar-refractivity contribution is 5.49. The molecule has 1 aliphatic heterocycles. The Morgan fingerprint density at radius 1 is 1.26 bits per heavy atom. The lowest BCUT2D eigenvalue weighted by atomic mass is 10.0. The Labute approximate surface area is 193 Å². The number of pyridine rings is 2. The van der Waals surface area contributed by atoms with Crippen LogP contribution in [0.2, 0.25) is 0 Å². The quantitative estimate of drug-likeness (QED) is 0.564. The van der Waals surface area contributed by atoms with E-state index in [-0.39, 0.29) is 18.3 Å². The van der Waals surface area contributed by atoms with Gasteiger partial charge in [-0.25, -0.2) is 9.37 Å². The molecule has 0 saturated carbocycles. The van der Waals surface area contributed by atoms with Crippen LogP contribution in [0.4, 0.5) is 23.4 Å². The number of anilines is 1. The molecule has 0 bridgehead atoms. The van der Waals surface area contributed by atoms with Gasteiger partial charge in [0.05, 0.1) is 24.5 Å². The topological polar surface area (TPSA) is 76.0 Å². The van der Waals surface area contributed by atoms with Gasteiger partial charge in [0, 0.05) is 37.0 Å². The number of aromatic amines is 1. The van der Waals surface area contributed by atoms with Crippen molar-refractivity contribution in [3.63, 3.8) is 0 Å². The Balaban J connectivity index is 1.87. The fourth-order valence-corrected chi connectivity index (χ4v) is 4.13. The Morgan fingerprint density at radius 3 is 2.71 bits per heavy atom. The smallest absolute Gasteiger partial charge is 0.375 e. The van der Waals surface area contributed by atoms with Crippen molar-refractivity contribution in [1.82, 2.24) is 19.7 Å². The first-order chi connectivity index (χ1) is 16.1. The first-order valence-corrected chi connectivity index (χ1v) is 11.0. The molecular weight excluding hydrogens is 454 g/mol. The Bertz CT molecular complexity index is 1250. The summed E-state index contributed by atoms with van der Waals surface area (Å²) in [5, 5.41) is 6.86. The van der Waals surface area contributed by atoms with Crippen molar-refractivity contribution in [2.24, 2.45) is 0 Å². The molecule has 11 heteroatoms. The molecule has 4 rings (SSSR count). The maximum Gasteiger partial charge on any atom is 0.419 e. The fraction of sp³-hybridized carbons (Fsp3) is 0.435. The monoisotopic (exact) mass is 479 g/mol. The third-order valence-corrected chi connectivity index (χ3v) is 5.80. The summed E-state index contributed by atoms with van der Waals surface area (Å²) in [7, 11) is 0. The summed E-state index contributed by atoms with van der Waals surface area (Å²) >= 11 is 0. The predicted molar refractivity (Wildman–Crippen MR) is 118 cm³/mol. The van der Waals surface area contributed by atoms with E-state index in [1.54, 1.807) is 31.0 Å². The summed E-state index contributed by atoms with van der Waals surface area (Å²) in [6, 6.07) is 2.33. The second-order valence-electron chi connectivity index (χ2n) is 8.41. The van der Waals surface area contributed by atoms with Crippen molar-refractivity contribution in [2.45, 2.75) is 45.9 Å². The molecule has 3 aromatic rings. The number of ether oxygens (including phenoxy) is 1. The Hall–Kier alpha value is -3.21. The highest BCUT2D eigenvalue weighted by Crippen LogP contribution is 2.35. The third kappa shape index (κ3) is 4.70. The Morgan fingerprint density at radius 2 is 2.03 bits per heavy atom. The molecular formula is C23H25F4N5O2. The molecule has 0 spiro atoms. The average molecular weight is 479 g/mol. The fourth-order valence-electron chi connectivity index (χ4n) is 4.13. The van der Waals surface area contributed by atoms with Gasteiger partial charge in [-0.05, 0) is 43.5 Å². The van der Waals surface area contributed by atoms with E-state index in [1.165, 1.54) is 6.20 Å². The molecule has 0 aromatic carbocycles. The standard InChI is InChI=1S/C23H25F4N5O2/c1-4-18-16(10-28-30-18)8-15-7-13(2)11-32(22(15)33)21-20(24)17(23(25,26)27)9-19(29-21)31-5-6-34-14(3)12-31/h7,9-11,14H,4-6,8,12H2,1-3H3,(H,28,30)/t14-/m1/s1. The van der Waals surface area contributed by atoms with Crippen LogP contribution in [0.15, 0.2) is 29.3 Å². The van der Waals surface area contributed by atoms with E-state index in [0.717, 1.165) is 15.8 Å². The molecule has 1 fully saturated rings. The summed E-state index contributed by atoms with van der Waals surface area (Å²) in [4.78, 5) is 19.1. The number of nitrogens with one attached hydrogen (secondary N) is 1. The van der Waals surface area contributed by atoms with Gasteiger partial charge in [-0.1, -0.05) is 6.92 Å². The van der Waals surface area contributed by atoms with Crippen LogP contribution in [0.1, 0.15) is 41.8 Å². The molecule has 7 nitrogen and oxygen atoms in total. The van der Waals surface area contributed by atoms with E-state index in [0.29, 0.717) is 43.3 Å². The molecule has 1 atom stereocenters. The van der Waals surface area contributed by atoms with Crippen molar-refractivity contribution in [3.05, 3.63) is 68.6 Å². The van der Waals surface area contributed by atoms with E-state index < -0.39 is 28.9 Å². The second-order valence-corrected chi connectivity index (χ2v) is 8.41. The minimum absolute atomic E-state index is 0.0584. The minimum Gasteiger partial charge on any atom is -0.375 e. The van der Waals surface area contributed by atoms with Crippen LogP contribution in [0.3, 0.4) is 0 Å². The highest BCUT2D eigenvalue weighted by Gasteiger charge is 2.38. The van der Waals surface area contributed by atoms with Gasteiger partial charge in [-0.2, -0.15) is 18.3 Å². The SMILES string of the molecule is CCc1[nH]ncc1Cc1cc(C)cn(-c2nc(N3CCO[C@H](C)C3)cc(C(F)(F)F)c2F)c1=O. The average Bonchev–Trinajstić information content (AvgIpc) is 3.22. The van der Waals surface area contributed by atoms with Crippen molar-refractivity contribution in [2.75, 3.05) is 24.6 Å². The lowest BCUT2D eigenvalue weighted by Gasteiger charge is -2.32. The van der Waals surface area contributed by atoms with Gasteiger partial charge < -0.3 is 9.64 Å². The highest BCUT2D eigenvalue weighted by atomic mass is 19.4. The summed E-state index contributed by atoms with van der Waals surface area (Å²) in [6.07, 6.45) is -1.41. The number of alkyl halides is 3. The van der Waals surface area contributed by atoms with Gasteiger partial charge in [0.25, 0.3) is 5.56 Å². The molecule has 0 amide bonds. The maximum atomic E-state index is 15.2. The molecule has 0 aliphatic carbocycles. The zero-order valence-electron chi connectivity index (χ0n) is 19.0. The minimum atomic E-state index is -4.96. The Kier molecular flexibility index (Phi) is 6.48. The number of nitrogens with zero attached hydrogens (tertiary/aromatic N) is 4. The van der Waals surface area contributed by atoms with E-state index >= 15 is 4.39 Å². The van der Waals surface area contributed by atoms with E-state index in [2.05, 4.69) is 15.2 Å². The number of aryl methyl sites for hydroxylation is 2. The molecule has 1 N–H and O–H groups in total. The summed E-state index contributed by atoms with van der Waals surface area (Å²) in [6.45, 7) is 6.31. The summed E-state index contributed by atoms with van der Waals surface area (Å²) in [5.41, 5.74) is 0.412. The maximum absolute atomic E-state index is 15.2. The van der Waals surface area contributed by atoms with Crippen LogP contribution < -0.4 is 10.5 Å². The normalized spacial score (nSPS) is 16.8. The van der Waals surface area contributed by atoms with Gasteiger partial charge in [-0.3, -0.25) is 14.5 Å². The lowest BCUT2D eigenvalue weighted by molar-refractivity contribution is -0.140. The molecule has 0 unspecified atom stereocenters. The van der Waals surface area contributed by atoms with E-state index in [4.69, 9.17) is 4.74 Å². The van der Waals surface area contributed by atoms with Gasteiger partial charge in [0.15, 0.2) is 11.6 Å². The first-order valence-electron chi connectivity index (χ1n) is 11.0. The van der Waals surface area contributed by atoms with Crippen LogP contribution in [-0.4, -0.2) is 45.5 Å². The summed E-state index contributed by atoms with van der Waals surface area (Å²) in [5.74, 6) is -2.33. The third-order valence-electron chi connectivity index (χ3n) is 5.80. The molecule has 4 heterocycles. The van der Waals surface area contributed by atoms with Crippen molar-refractivity contribution < 1.29 is 22.3 Å². The summed E-state index contributed by atoms with van der Waals surface area (Å²) < 4.78 is 62.8.